The first-order valence-electron chi connectivity index (χ1n) is 7.45. The molecule has 1 aliphatic carbocycles. The number of benzene rings is 1. The summed E-state index contributed by atoms with van der Waals surface area (Å²) >= 11 is 0. The maximum absolute atomic E-state index is 12.8. The quantitative estimate of drug-likeness (QED) is 0.858. The van der Waals surface area contributed by atoms with Crippen LogP contribution in [0.4, 0.5) is 18.9 Å². The summed E-state index contributed by atoms with van der Waals surface area (Å²) < 4.78 is 38.3. The van der Waals surface area contributed by atoms with Crippen LogP contribution in [0.5, 0.6) is 0 Å². The number of amides is 1. The number of aliphatic imine (C=N–C) groups is 1. The highest BCUT2D eigenvalue weighted by Gasteiger charge is 2.35. The molecule has 0 saturated heterocycles. The number of anilines is 1. The molecule has 2 aliphatic rings. The van der Waals surface area contributed by atoms with Crippen LogP contribution in [-0.2, 0) is 4.79 Å². The number of nitrogens with two attached hydrogens (primary N) is 1. The summed E-state index contributed by atoms with van der Waals surface area (Å²) in [4.78, 5) is 18.0. The van der Waals surface area contributed by atoms with Crippen molar-refractivity contribution in [3.8, 4) is 0 Å². The van der Waals surface area contributed by atoms with Gasteiger partial charge in [-0.1, -0.05) is 36.4 Å². The average molecular weight is 335 g/mol. The number of para-hydroxylation sites is 1. The molecular formula is C17H16F3N3O. The summed E-state index contributed by atoms with van der Waals surface area (Å²) in [6.07, 6.45) is -1.60. The number of halogens is 3. The van der Waals surface area contributed by atoms with Crippen molar-refractivity contribution in [3.63, 3.8) is 0 Å². The van der Waals surface area contributed by atoms with Crippen LogP contribution >= 0.6 is 0 Å². The predicted molar refractivity (Wildman–Crippen MR) is 85.7 cm³/mol. The fraction of sp³-hybridized carbons (Fsp3) is 0.294. The monoisotopic (exact) mass is 335 g/mol. The van der Waals surface area contributed by atoms with Gasteiger partial charge in [0.1, 0.15) is 0 Å². The lowest BCUT2D eigenvalue weighted by molar-refractivity contribution is -0.119. The van der Waals surface area contributed by atoms with Gasteiger partial charge in [0.05, 0.1) is 17.0 Å². The van der Waals surface area contributed by atoms with E-state index in [1.54, 1.807) is 31.3 Å². The molecule has 7 heteroatoms. The Morgan fingerprint density at radius 2 is 2.00 bits per heavy atom. The standard InChI is InChI=1S/C17H16F3N3O/c1-23-13-5-3-2-4-12(13)14(22-15(21)16(23)24)10-6-8-11(9-7-10)17(18,19)20/h2-6,8-10,15H,7,21H2,1H3. The fourth-order valence-corrected chi connectivity index (χ4v) is 2.90. The lowest BCUT2D eigenvalue weighted by Crippen LogP contribution is -2.39. The van der Waals surface area contributed by atoms with Crippen molar-refractivity contribution in [2.24, 2.45) is 16.6 Å². The highest BCUT2D eigenvalue weighted by molar-refractivity contribution is 6.14. The largest absolute Gasteiger partial charge is 0.416 e. The number of rotatable bonds is 1. The minimum absolute atomic E-state index is 0.156. The molecule has 126 valence electrons. The minimum Gasteiger partial charge on any atom is -0.312 e. The lowest BCUT2D eigenvalue weighted by Gasteiger charge is -2.22. The smallest absolute Gasteiger partial charge is 0.312 e. The SMILES string of the molecule is CN1C(=O)C(N)N=C(C2C=CC(C(F)(F)F)=CC2)c2ccccc21. The Hall–Kier alpha value is -2.41. The van der Waals surface area contributed by atoms with Crippen molar-refractivity contribution in [2.45, 2.75) is 18.8 Å². The Kier molecular flexibility index (Phi) is 4.04. The van der Waals surface area contributed by atoms with Gasteiger partial charge >= 0.3 is 6.18 Å². The number of fused-ring (bicyclic) bond motifs is 1. The normalized spacial score (nSPS) is 24.2. The number of carbonyl (C=O) groups excluding carboxylic acids is 1. The average Bonchev–Trinajstić information content (AvgIpc) is 2.65. The molecule has 1 heterocycles. The van der Waals surface area contributed by atoms with Gasteiger partial charge in [-0.15, -0.1) is 0 Å². The van der Waals surface area contributed by atoms with E-state index in [4.69, 9.17) is 5.73 Å². The molecule has 1 aromatic carbocycles. The second-order valence-electron chi connectivity index (χ2n) is 5.73. The number of hydrogen-bond acceptors (Lipinski definition) is 3. The molecular weight excluding hydrogens is 319 g/mol. The third kappa shape index (κ3) is 2.87. The van der Waals surface area contributed by atoms with Crippen LogP contribution in [0.25, 0.3) is 0 Å². The lowest BCUT2D eigenvalue weighted by atomic mass is 9.88. The van der Waals surface area contributed by atoms with E-state index in [-0.39, 0.29) is 18.2 Å². The number of nitrogens with zero attached hydrogens (tertiary/aromatic N) is 2. The number of benzodiazepines with no additional fused rings is 1. The van der Waals surface area contributed by atoms with Crippen LogP contribution in [0.15, 0.2) is 53.1 Å². The Morgan fingerprint density at radius 1 is 1.29 bits per heavy atom. The molecule has 4 nitrogen and oxygen atoms in total. The molecule has 3 rings (SSSR count). The Bertz CT molecular complexity index is 765. The highest BCUT2D eigenvalue weighted by atomic mass is 19.4. The molecule has 0 saturated carbocycles. The number of allylic oxidation sites excluding steroid dienone is 4. The maximum atomic E-state index is 12.8. The van der Waals surface area contributed by atoms with Gasteiger partial charge < -0.3 is 10.6 Å². The van der Waals surface area contributed by atoms with Gasteiger partial charge in [-0.2, -0.15) is 13.2 Å². The molecule has 0 bridgehead atoms. The summed E-state index contributed by atoms with van der Waals surface area (Å²) in [5, 5.41) is 0. The van der Waals surface area contributed by atoms with E-state index in [1.807, 2.05) is 0 Å². The fourth-order valence-electron chi connectivity index (χ4n) is 2.90. The third-order valence-electron chi connectivity index (χ3n) is 4.18. The molecule has 0 spiro atoms. The van der Waals surface area contributed by atoms with Crippen LogP contribution in [0, 0.1) is 5.92 Å². The molecule has 1 aliphatic heterocycles. The molecule has 1 amide bonds. The topological polar surface area (TPSA) is 58.7 Å². The zero-order valence-corrected chi connectivity index (χ0v) is 12.9. The van der Waals surface area contributed by atoms with E-state index in [2.05, 4.69) is 4.99 Å². The van der Waals surface area contributed by atoms with E-state index in [9.17, 15) is 18.0 Å². The van der Waals surface area contributed by atoms with Gasteiger partial charge in [0, 0.05) is 18.5 Å². The van der Waals surface area contributed by atoms with Crippen molar-refractivity contribution in [1.29, 1.82) is 0 Å². The second kappa shape index (κ2) is 5.90. The van der Waals surface area contributed by atoms with Crippen LogP contribution in [0.2, 0.25) is 0 Å². The van der Waals surface area contributed by atoms with Gasteiger partial charge in [-0.3, -0.25) is 9.79 Å². The summed E-state index contributed by atoms with van der Waals surface area (Å²) in [5.74, 6) is -0.716. The number of alkyl halides is 3. The molecule has 2 atom stereocenters. The summed E-state index contributed by atoms with van der Waals surface area (Å²) in [7, 11) is 1.61. The summed E-state index contributed by atoms with van der Waals surface area (Å²) in [6, 6.07) is 7.15. The molecule has 1 aromatic rings. The van der Waals surface area contributed by atoms with Crippen molar-refractivity contribution in [2.75, 3.05) is 11.9 Å². The van der Waals surface area contributed by atoms with Crippen LogP contribution < -0.4 is 10.6 Å². The number of carbonyl (C=O) groups is 1. The second-order valence-corrected chi connectivity index (χ2v) is 5.73. The highest BCUT2D eigenvalue weighted by Crippen LogP contribution is 2.34. The first-order chi connectivity index (χ1) is 11.3. The summed E-state index contributed by atoms with van der Waals surface area (Å²) in [5.41, 5.74) is 7.06. The van der Waals surface area contributed by atoms with Gasteiger partial charge in [0.2, 0.25) is 0 Å². The predicted octanol–water partition coefficient (Wildman–Crippen LogP) is 2.80. The van der Waals surface area contributed by atoms with Crippen LogP contribution in [0.3, 0.4) is 0 Å². The first-order valence-corrected chi connectivity index (χ1v) is 7.45. The van der Waals surface area contributed by atoms with Crippen LogP contribution in [-0.4, -0.2) is 31.0 Å². The molecule has 24 heavy (non-hydrogen) atoms. The Labute approximate surface area is 137 Å². The third-order valence-corrected chi connectivity index (χ3v) is 4.18. The van der Waals surface area contributed by atoms with Gasteiger partial charge in [0.15, 0.2) is 6.17 Å². The van der Waals surface area contributed by atoms with E-state index < -0.39 is 17.9 Å². The van der Waals surface area contributed by atoms with E-state index >= 15 is 0 Å². The number of hydrogen-bond donors (Lipinski definition) is 1. The van der Waals surface area contributed by atoms with Crippen LogP contribution in [0.1, 0.15) is 12.0 Å². The van der Waals surface area contributed by atoms with E-state index in [1.165, 1.54) is 11.0 Å². The number of likely N-dealkylation sites (N-methyl/N-ethyl adjacent to an activating group) is 1. The maximum Gasteiger partial charge on any atom is 0.416 e. The molecule has 2 N–H and O–H groups in total. The molecule has 0 aromatic heterocycles. The van der Waals surface area contributed by atoms with Crippen molar-refractivity contribution in [1.82, 2.24) is 0 Å². The molecule has 2 unspecified atom stereocenters. The van der Waals surface area contributed by atoms with Crippen molar-refractivity contribution >= 4 is 17.3 Å². The first kappa shape index (κ1) is 16.4. The molecule has 0 radical (unpaired) electrons. The Balaban J connectivity index is 2.00. The van der Waals surface area contributed by atoms with Gasteiger partial charge in [0.25, 0.3) is 5.91 Å². The molecule has 0 fully saturated rings. The van der Waals surface area contributed by atoms with Gasteiger partial charge in [-0.05, 0) is 12.5 Å². The zero-order valence-electron chi connectivity index (χ0n) is 12.9. The van der Waals surface area contributed by atoms with E-state index in [0.29, 0.717) is 17.0 Å². The Morgan fingerprint density at radius 3 is 2.62 bits per heavy atom. The van der Waals surface area contributed by atoms with Crippen molar-refractivity contribution < 1.29 is 18.0 Å². The van der Waals surface area contributed by atoms with E-state index in [0.717, 1.165) is 12.2 Å². The minimum atomic E-state index is -4.36. The zero-order chi connectivity index (χ0) is 17.5. The van der Waals surface area contributed by atoms with Gasteiger partial charge in [-0.25, -0.2) is 0 Å². The van der Waals surface area contributed by atoms with Crippen molar-refractivity contribution in [3.05, 3.63) is 53.6 Å². The summed E-state index contributed by atoms with van der Waals surface area (Å²) in [6.45, 7) is 0.